The van der Waals surface area contributed by atoms with E-state index in [4.69, 9.17) is 9.88 Å². The second-order valence-corrected chi connectivity index (χ2v) is 8.49. The molecule has 0 spiro atoms. The van der Waals surface area contributed by atoms with Gasteiger partial charge in [-0.2, -0.15) is 31.4 Å². The largest absolute Gasteiger partial charge is 0.445 e. The molecule has 3 rings (SSSR count). The number of nitrogens with zero attached hydrogens (tertiary/aromatic N) is 3. The third kappa shape index (κ3) is 5.51. The SMILES string of the molecule is NS(=O)(=O)c1cc2n(n1)CCCN(C(=O)OCc1cc(C(F)(F)F)cc(C(F)(F)F)c1)C2. The monoisotopic (exact) mass is 486 g/mol. The number of hydrogen-bond acceptors (Lipinski definition) is 5. The van der Waals surface area contributed by atoms with E-state index in [1.807, 2.05) is 0 Å². The summed E-state index contributed by atoms with van der Waals surface area (Å²) in [7, 11) is -4.08. The van der Waals surface area contributed by atoms with E-state index in [1.165, 1.54) is 10.7 Å². The van der Waals surface area contributed by atoms with Gasteiger partial charge in [0.15, 0.2) is 5.03 Å². The molecule has 1 aromatic carbocycles. The van der Waals surface area contributed by atoms with Crippen molar-refractivity contribution in [2.45, 2.75) is 43.5 Å². The van der Waals surface area contributed by atoms with E-state index >= 15 is 0 Å². The molecule has 1 aliphatic heterocycles. The summed E-state index contributed by atoms with van der Waals surface area (Å²) < 4.78 is 107. The van der Waals surface area contributed by atoms with Crippen LogP contribution in [-0.2, 0) is 46.8 Å². The summed E-state index contributed by atoms with van der Waals surface area (Å²) >= 11 is 0. The number of amides is 1. The van der Waals surface area contributed by atoms with Crippen LogP contribution in [0.2, 0.25) is 0 Å². The van der Waals surface area contributed by atoms with Crippen LogP contribution in [0.1, 0.15) is 28.8 Å². The lowest BCUT2D eigenvalue weighted by Gasteiger charge is -2.20. The van der Waals surface area contributed by atoms with Crippen LogP contribution in [0.3, 0.4) is 0 Å². The van der Waals surface area contributed by atoms with Gasteiger partial charge in [-0.1, -0.05) is 0 Å². The Hall–Kier alpha value is -2.81. The molecule has 1 aliphatic rings. The van der Waals surface area contributed by atoms with E-state index < -0.39 is 56.8 Å². The van der Waals surface area contributed by atoms with Crippen molar-refractivity contribution in [3.05, 3.63) is 46.6 Å². The third-order valence-corrected chi connectivity index (χ3v) is 5.33. The number of aryl methyl sites for hydroxylation is 1. The molecule has 15 heteroatoms. The maximum Gasteiger partial charge on any atom is 0.416 e. The minimum absolute atomic E-state index is 0.0235. The zero-order valence-electron chi connectivity index (χ0n) is 16.1. The number of fused-ring (bicyclic) bond motifs is 1. The van der Waals surface area contributed by atoms with Crippen LogP contribution < -0.4 is 5.14 Å². The summed E-state index contributed by atoms with van der Waals surface area (Å²) in [6, 6.07) is 2.09. The second kappa shape index (κ2) is 8.27. The maximum absolute atomic E-state index is 13.0. The van der Waals surface area contributed by atoms with Crippen LogP contribution in [0.5, 0.6) is 0 Å². The first-order chi connectivity index (χ1) is 14.6. The third-order valence-electron chi connectivity index (χ3n) is 4.55. The van der Waals surface area contributed by atoms with Gasteiger partial charge in [-0.3, -0.25) is 4.68 Å². The number of ether oxygens (including phenoxy) is 1. The second-order valence-electron chi connectivity index (χ2n) is 6.99. The molecule has 0 fully saturated rings. The number of sulfonamides is 1. The molecule has 32 heavy (non-hydrogen) atoms. The van der Waals surface area contributed by atoms with Gasteiger partial charge in [-0.05, 0) is 30.2 Å². The normalized spacial score (nSPS) is 15.3. The van der Waals surface area contributed by atoms with Crippen molar-refractivity contribution in [2.75, 3.05) is 6.54 Å². The molecular formula is C17H16F6N4O4S. The standard InChI is InChI=1S/C17H16F6N4O4S/c18-16(19,20)11-4-10(5-12(6-11)17(21,22)23)9-31-15(28)26-2-1-3-27-13(8-26)7-14(25-27)32(24,29)30/h4-7H,1-3,8-9H2,(H2,24,29,30). The highest BCUT2D eigenvalue weighted by Crippen LogP contribution is 2.36. The molecule has 8 nitrogen and oxygen atoms in total. The van der Waals surface area contributed by atoms with Crippen molar-refractivity contribution in [3.8, 4) is 0 Å². The molecule has 0 atom stereocenters. The highest BCUT2D eigenvalue weighted by Gasteiger charge is 2.37. The van der Waals surface area contributed by atoms with E-state index in [9.17, 15) is 39.6 Å². The number of carbonyl (C=O) groups excluding carboxylic acids is 1. The van der Waals surface area contributed by atoms with Gasteiger partial charge in [-0.25, -0.2) is 18.4 Å². The lowest BCUT2D eigenvalue weighted by atomic mass is 10.1. The number of alkyl halides is 6. The number of primary sulfonamides is 1. The van der Waals surface area contributed by atoms with Gasteiger partial charge < -0.3 is 9.64 Å². The number of benzene rings is 1. The predicted octanol–water partition coefficient (Wildman–Crippen LogP) is 3.11. The van der Waals surface area contributed by atoms with E-state index in [0.717, 1.165) is 4.90 Å². The van der Waals surface area contributed by atoms with Gasteiger partial charge in [-0.15, -0.1) is 0 Å². The first-order valence-electron chi connectivity index (χ1n) is 8.94. The minimum Gasteiger partial charge on any atom is -0.445 e. The summed E-state index contributed by atoms with van der Waals surface area (Å²) in [5.41, 5.74) is -3.21. The average Bonchev–Trinajstić information content (AvgIpc) is 2.97. The summed E-state index contributed by atoms with van der Waals surface area (Å²) in [4.78, 5) is 13.5. The molecule has 176 valence electrons. The van der Waals surface area contributed by atoms with Crippen molar-refractivity contribution in [1.29, 1.82) is 0 Å². The van der Waals surface area contributed by atoms with Crippen LogP contribution in [0.15, 0.2) is 29.3 Å². The zero-order valence-corrected chi connectivity index (χ0v) is 16.9. The quantitative estimate of drug-likeness (QED) is 0.671. The summed E-state index contributed by atoms with van der Waals surface area (Å²) in [6.45, 7) is -0.567. The number of nitrogens with two attached hydrogens (primary N) is 1. The number of halogens is 6. The Kier molecular flexibility index (Phi) is 6.16. The molecule has 1 aromatic heterocycles. The van der Waals surface area contributed by atoms with Gasteiger partial charge in [0.1, 0.15) is 6.61 Å². The molecule has 2 N–H and O–H groups in total. The van der Waals surface area contributed by atoms with E-state index in [1.54, 1.807) is 0 Å². The Balaban J connectivity index is 1.76. The Morgan fingerprint density at radius 2 is 1.62 bits per heavy atom. The van der Waals surface area contributed by atoms with Crippen LogP contribution in [0, 0.1) is 0 Å². The molecule has 0 bridgehead atoms. The highest BCUT2D eigenvalue weighted by molar-refractivity contribution is 7.89. The molecule has 0 saturated heterocycles. The lowest BCUT2D eigenvalue weighted by Crippen LogP contribution is -2.31. The zero-order chi connectivity index (χ0) is 23.9. The van der Waals surface area contributed by atoms with Crippen molar-refractivity contribution in [1.82, 2.24) is 14.7 Å². The molecule has 2 heterocycles. The van der Waals surface area contributed by atoms with Gasteiger partial charge in [0.05, 0.1) is 23.4 Å². The summed E-state index contributed by atoms with van der Waals surface area (Å²) in [5.74, 6) is 0. The number of hydrogen-bond donors (Lipinski definition) is 1. The fourth-order valence-corrected chi connectivity index (χ4v) is 3.58. The number of carbonyl (C=O) groups is 1. The number of aromatic nitrogens is 2. The molecular weight excluding hydrogens is 470 g/mol. The highest BCUT2D eigenvalue weighted by atomic mass is 32.2. The molecule has 1 amide bonds. The van der Waals surface area contributed by atoms with Crippen molar-refractivity contribution in [2.24, 2.45) is 5.14 Å². The number of rotatable bonds is 3. The lowest BCUT2D eigenvalue weighted by molar-refractivity contribution is -0.143. The summed E-state index contributed by atoms with van der Waals surface area (Å²) in [6.07, 6.45) is -10.7. The van der Waals surface area contributed by atoms with E-state index in [-0.39, 0.29) is 25.7 Å². The Morgan fingerprint density at radius 3 is 2.16 bits per heavy atom. The minimum atomic E-state index is -5.02. The van der Waals surface area contributed by atoms with Gasteiger partial charge in [0.25, 0.3) is 10.0 Å². The molecule has 0 radical (unpaired) electrons. The van der Waals surface area contributed by atoms with E-state index in [0.29, 0.717) is 24.2 Å². The molecule has 2 aromatic rings. The molecule has 0 aliphatic carbocycles. The van der Waals surface area contributed by atoms with Crippen LogP contribution in [-0.4, -0.2) is 35.7 Å². The Labute approximate surface area is 177 Å². The Bertz CT molecular complexity index is 1090. The van der Waals surface area contributed by atoms with Gasteiger partial charge in [0.2, 0.25) is 0 Å². The topological polar surface area (TPSA) is 108 Å². The van der Waals surface area contributed by atoms with Gasteiger partial charge in [0, 0.05) is 19.2 Å². The Morgan fingerprint density at radius 1 is 1.03 bits per heavy atom. The van der Waals surface area contributed by atoms with Crippen LogP contribution in [0.4, 0.5) is 31.1 Å². The fraction of sp³-hybridized carbons (Fsp3) is 0.412. The smallest absolute Gasteiger partial charge is 0.416 e. The average molecular weight is 486 g/mol. The summed E-state index contributed by atoms with van der Waals surface area (Å²) in [5, 5.41) is 8.48. The van der Waals surface area contributed by atoms with Crippen molar-refractivity contribution >= 4 is 16.1 Å². The molecule has 0 saturated carbocycles. The van der Waals surface area contributed by atoms with Crippen LogP contribution >= 0.6 is 0 Å². The maximum atomic E-state index is 13.0. The van der Waals surface area contributed by atoms with Crippen LogP contribution in [0.25, 0.3) is 0 Å². The first kappa shape index (κ1) is 23.8. The van der Waals surface area contributed by atoms with Gasteiger partial charge >= 0.3 is 18.4 Å². The van der Waals surface area contributed by atoms with E-state index in [2.05, 4.69) is 5.10 Å². The van der Waals surface area contributed by atoms with Crippen molar-refractivity contribution in [3.63, 3.8) is 0 Å². The molecule has 0 unspecified atom stereocenters. The fourth-order valence-electron chi connectivity index (χ4n) is 3.07. The predicted molar refractivity (Wildman–Crippen MR) is 95.3 cm³/mol. The van der Waals surface area contributed by atoms with Crippen molar-refractivity contribution < 1.29 is 44.3 Å². The first-order valence-corrected chi connectivity index (χ1v) is 10.5.